The molecule has 0 saturated heterocycles. The van der Waals surface area contributed by atoms with Gasteiger partial charge in [0.1, 0.15) is 0 Å². The van der Waals surface area contributed by atoms with E-state index in [1.807, 2.05) is 24.3 Å². The third-order valence-electron chi connectivity index (χ3n) is 4.95. The first-order chi connectivity index (χ1) is 12.6. The molecule has 1 aromatic heterocycles. The number of rotatable bonds is 6. The summed E-state index contributed by atoms with van der Waals surface area (Å²) in [7, 11) is 1.60. The van der Waals surface area contributed by atoms with E-state index in [-0.39, 0.29) is 5.54 Å². The van der Waals surface area contributed by atoms with Crippen molar-refractivity contribution in [1.29, 1.82) is 0 Å². The zero-order valence-electron chi connectivity index (χ0n) is 14.9. The Hall–Kier alpha value is -1.85. The molecule has 2 aromatic rings. The summed E-state index contributed by atoms with van der Waals surface area (Å²) in [5.74, 6) is 0.588. The lowest BCUT2D eigenvalue weighted by Crippen LogP contribution is -2.48. The number of halogens is 1. The van der Waals surface area contributed by atoms with Gasteiger partial charge in [0, 0.05) is 16.6 Å². The summed E-state index contributed by atoms with van der Waals surface area (Å²) in [6.45, 7) is 0. The van der Waals surface area contributed by atoms with Crippen molar-refractivity contribution in [1.82, 2.24) is 10.3 Å². The summed E-state index contributed by atoms with van der Waals surface area (Å²) in [5.41, 5.74) is 2.22. The molecule has 6 heteroatoms. The maximum absolute atomic E-state index is 5.98. The van der Waals surface area contributed by atoms with Gasteiger partial charge in [-0.2, -0.15) is 0 Å². The highest BCUT2D eigenvalue weighted by Gasteiger charge is 2.34. The molecule has 0 unspecified atom stereocenters. The van der Waals surface area contributed by atoms with Crippen LogP contribution in [0.25, 0.3) is 0 Å². The Bertz CT molecular complexity index is 728. The van der Waals surface area contributed by atoms with Gasteiger partial charge in [0.2, 0.25) is 5.88 Å². The van der Waals surface area contributed by atoms with E-state index in [9.17, 15) is 0 Å². The number of ether oxygens (including phenoxy) is 1. The van der Waals surface area contributed by atoms with E-state index in [2.05, 4.69) is 27.8 Å². The average Bonchev–Trinajstić information content (AvgIpc) is 3.10. The quantitative estimate of drug-likeness (QED) is 0.682. The van der Waals surface area contributed by atoms with E-state index in [0.29, 0.717) is 11.0 Å². The summed E-state index contributed by atoms with van der Waals surface area (Å²) in [4.78, 5) is 4.20. The Morgan fingerprint density at radius 3 is 2.54 bits per heavy atom. The smallest absolute Gasteiger partial charge is 0.213 e. The van der Waals surface area contributed by atoms with Crippen LogP contribution in [0.15, 0.2) is 42.6 Å². The van der Waals surface area contributed by atoms with Crippen LogP contribution in [0.3, 0.4) is 0 Å². The maximum Gasteiger partial charge on any atom is 0.213 e. The Labute approximate surface area is 165 Å². The molecule has 26 heavy (non-hydrogen) atoms. The molecule has 0 atom stereocenters. The van der Waals surface area contributed by atoms with Gasteiger partial charge in [0.25, 0.3) is 0 Å². The molecule has 2 N–H and O–H groups in total. The van der Waals surface area contributed by atoms with E-state index >= 15 is 0 Å². The minimum absolute atomic E-state index is 0.0591. The SMILES string of the molecule is COc1ccc(NC(=S)NC2(CCc3ccc(Cl)cc3)CCCC2)cn1. The molecule has 1 heterocycles. The Morgan fingerprint density at radius 1 is 1.19 bits per heavy atom. The molecule has 0 bridgehead atoms. The van der Waals surface area contributed by atoms with Crippen LogP contribution < -0.4 is 15.4 Å². The van der Waals surface area contributed by atoms with Crippen LogP contribution in [0.2, 0.25) is 5.02 Å². The standard InChI is InChI=1S/C20H24ClN3OS/c1-25-18-9-8-17(14-22-18)23-19(26)24-20(11-2-3-12-20)13-10-15-4-6-16(21)7-5-15/h4-9,14H,2-3,10-13H2,1H3,(H2,23,24,26). The monoisotopic (exact) mass is 389 g/mol. The fraction of sp³-hybridized carbons (Fsp3) is 0.400. The molecule has 1 aliphatic rings. The van der Waals surface area contributed by atoms with Crippen LogP contribution in [0.1, 0.15) is 37.7 Å². The van der Waals surface area contributed by atoms with E-state index in [1.54, 1.807) is 13.3 Å². The van der Waals surface area contributed by atoms with Crippen LogP contribution in [0.5, 0.6) is 5.88 Å². The first kappa shape index (κ1) is 18.9. The Kier molecular flexibility index (Phi) is 6.33. The van der Waals surface area contributed by atoms with E-state index in [1.165, 1.54) is 18.4 Å². The minimum atomic E-state index is 0.0591. The van der Waals surface area contributed by atoms with Crippen molar-refractivity contribution >= 4 is 34.6 Å². The van der Waals surface area contributed by atoms with Gasteiger partial charge in [-0.1, -0.05) is 36.6 Å². The van der Waals surface area contributed by atoms with E-state index in [4.69, 9.17) is 28.6 Å². The summed E-state index contributed by atoms with van der Waals surface area (Å²) >= 11 is 11.5. The van der Waals surface area contributed by atoms with Crippen LogP contribution in [0, 0.1) is 0 Å². The molecule has 0 spiro atoms. The molecule has 4 nitrogen and oxygen atoms in total. The second-order valence-corrected chi connectivity index (χ2v) is 7.63. The summed E-state index contributed by atoms with van der Waals surface area (Å²) in [5, 5.41) is 8.25. The summed E-state index contributed by atoms with van der Waals surface area (Å²) < 4.78 is 5.08. The molecule has 3 rings (SSSR count). The highest BCUT2D eigenvalue weighted by atomic mass is 35.5. The van der Waals surface area contributed by atoms with E-state index < -0.39 is 0 Å². The maximum atomic E-state index is 5.98. The predicted molar refractivity (Wildman–Crippen MR) is 111 cm³/mol. The first-order valence-corrected chi connectivity index (χ1v) is 9.71. The fourth-order valence-electron chi connectivity index (χ4n) is 3.50. The normalized spacial score (nSPS) is 15.5. The van der Waals surface area contributed by atoms with Gasteiger partial charge in [-0.3, -0.25) is 0 Å². The van der Waals surface area contributed by atoms with Crippen LogP contribution in [-0.2, 0) is 6.42 Å². The molecule has 0 aliphatic heterocycles. The first-order valence-electron chi connectivity index (χ1n) is 8.92. The van der Waals surface area contributed by atoms with Gasteiger partial charge < -0.3 is 15.4 Å². The van der Waals surface area contributed by atoms with Crippen molar-refractivity contribution in [3.8, 4) is 5.88 Å². The molecule has 138 valence electrons. The summed E-state index contributed by atoms with van der Waals surface area (Å²) in [6, 6.07) is 11.8. The van der Waals surface area contributed by atoms with Gasteiger partial charge in [-0.05, 0) is 61.7 Å². The molecule has 0 radical (unpaired) electrons. The van der Waals surface area contributed by atoms with Crippen molar-refractivity contribution in [2.24, 2.45) is 0 Å². The Morgan fingerprint density at radius 2 is 1.92 bits per heavy atom. The third kappa shape index (κ3) is 5.08. The van der Waals surface area contributed by atoms with Crippen molar-refractivity contribution in [2.45, 2.75) is 44.1 Å². The lowest BCUT2D eigenvalue weighted by Gasteiger charge is -2.32. The molecular weight excluding hydrogens is 366 g/mol. The number of nitrogens with one attached hydrogen (secondary N) is 2. The van der Waals surface area contributed by atoms with Crippen molar-refractivity contribution in [2.75, 3.05) is 12.4 Å². The average molecular weight is 390 g/mol. The van der Waals surface area contributed by atoms with Gasteiger partial charge in [0.15, 0.2) is 5.11 Å². The lowest BCUT2D eigenvalue weighted by atomic mass is 9.89. The van der Waals surface area contributed by atoms with Gasteiger partial charge in [0.05, 0.1) is 19.0 Å². The minimum Gasteiger partial charge on any atom is -0.481 e. The number of anilines is 1. The number of pyridine rings is 1. The third-order valence-corrected chi connectivity index (χ3v) is 5.40. The fourth-order valence-corrected chi connectivity index (χ4v) is 3.96. The van der Waals surface area contributed by atoms with Gasteiger partial charge in [-0.15, -0.1) is 0 Å². The van der Waals surface area contributed by atoms with Crippen LogP contribution in [-0.4, -0.2) is 22.7 Å². The molecule has 1 fully saturated rings. The molecule has 0 amide bonds. The lowest BCUT2D eigenvalue weighted by molar-refractivity contribution is 0.362. The van der Waals surface area contributed by atoms with Crippen molar-refractivity contribution < 1.29 is 4.74 Å². The second kappa shape index (κ2) is 8.69. The Balaban J connectivity index is 1.59. The second-order valence-electron chi connectivity index (χ2n) is 6.78. The number of hydrogen-bond acceptors (Lipinski definition) is 3. The number of aryl methyl sites for hydroxylation is 1. The largest absolute Gasteiger partial charge is 0.481 e. The highest BCUT2D eigenvalue weighted by Crippen LogP contribution is 2.34. The zero-order valence-corrected chi connectivity index (χ0v) is 16.5. The molecule has 1 aliphatic carbocycles. The van der Waals surface area contributed by atoms with Crippen LogP contribution in [0.4, 0.5) is 5.69 Å². The van der Waals surface area contributed by atoms with E-state index in [0.717, 1.165) is 36.4 Å². The predicted octanol–water partition coefficient (Wildman–Crippen LogP) is 4.98. The number of aromatic nitrogens is 1. The van der Waals surface area contributed by atoms with Gasteiger partial charge >= 0.3 is 0 Å². The number of nitrogens with zero attached hydrogens (tertiary/aromatic N) is 1. The highest BCUT2D eigenvalue weighted by molar-refractivity contribution is 7.80. The summed E-state index contributed by atoms with van der Waals surface area (Å²) in [6.07, 6.45) is 8.54. The van der Waals surface area contributed by atoms with Gasteiger partial charge in [-0.25, -0.2) is 4.98 Å². The zero-order chi connectivity index (χ0) is 18.4. The number of hydrogen-bond donors (Lipinski definition) is 2. The number of benzene rings is 1. The molecular formula is C20H24ClN3OS. The van der Waals surface area contributed by atoms with Crippen molar-refractivity contribution in [3.05, 3.63) is 53.2 Å². The topological polar surface area (TPSA) is 46.2 Å². The van der Waals surface area contributed by atoms with Crippen molar-refractivity contribution in [3.63, 3.8) is 0 Å². The number of thiocarbonyl (C=S) groups is 1. The van der Waals surface area contributed by atoms with Crippen LogP contribution >= 0.6 is 23.8 Å². The number of methoxy groups -OCH3 is 1. The molecule has 1 aromatic carbocycles. The molecule has 1 saturated carbocycles.